The highest BCUT2D eigenvalue weighted by atomic mass is 16.5. The van der Waals surface area contributed by atoms with Crippen molar-refractivity contribution in [3.05, 3.63) is 35.4 Å². The number of fused-ring (bicyclic) bond motifs is 1. The third-order valence-corrected chi connectivity index (χ3v) is 4.38. The summed E-state index contributed by atoms with van der Waals surface area (Å²) in [6.45, 7) is 4.18. The zero-order chi connectivity index (χ0) is 12.4. The number of rotatable bonds is 5. The molecule has 0 spiro atoms. The average molecular weight is 245 g/mol. The van der Waals surface area contributed by atoms with Crippen LogP contribution in [0, 0.1) is 0 Å². The van der Waals surface area contributed by atoms with Crippen LogP contribution >= 0.6 is 0 Å². The summed E-state index contributed by atoms with van der Waals surface area (Å²) < 4.78 is 5.86. The Hall–Kier alpha value is -0.860. The van der Waals surface area contributed by atoms with Gasteiger partial charge in [-0.1, -0.05) is 31.2 Å². The van der Waals surface area contributed by atoms with Crippen molar-refractivity contribution in [3.8, 4) is 0 Å². The fourth-order valence-corrected chi connectivity index (χ4v) is 3.43. The second kappa shape index (κ2) is 5.41. The van der Waals surface area contributed by atoms with E-state index in [4.69, 9.17) is 4.74 Å². The monoisotopic (exact) mass is 245 g/mol. The molecule has 0 amide bonds. The molecule has 2 nitrogen and oxygen atoms in total. The Balaban J connectivity index is 1.63. The van der Waals surface area contributed by atoms with Crippen LogP contribution in [0.1, 0.15) is 43.2 Å². The van der Waals surface area contributed by atoms with Gasteiger partial charge in [-0.05, 0) is 49.3 Å². The maximum atomic E-state index is 5.86. The highest BCUT2D eigenvalue weighted by molar-refractivity contribution is 5.40. The summed E-state index contributed by atoms with van der Waals surface area (Å²) in [4.78, 5) is 0. The van der Waals surface area contributed by atoms with Crippen molar-refractivity contribution >= 4 is 0 Å². The van der Waals surface area contributed by atoms with Crippen molar-refractivity contribution in [2.75, 3.05) is 13.2 Å². The van der Waals surface area contributed by atoms with Crippen LogP contribution in [0.25, 0.3) is 0 Å². The minimum absolute atomic E-state index is 0.442. The van der Waals surface area contributed by atoms with Gasteiger partial charge >= 0.3 is 0 Å². The minimum Gasteiger partial charge on any atom is -0.377 e. The normalized spacial score (nSPS) is 27.6. The van der Waals surface area contributed by atoms with E-state index < -0.39 is 0 Å². The van der Waals surface area contributed by atoms with Gasteiger partial charge in [-0.3, -0.25) is 0 Å². The van der Waals surface area contributed by atoms with Gasteiger partial charge in [-0.15, -0.1) is 0 Å². The van der Waals surface area contributed by atoms with E-state index in [1.165, 1.54) is 25.7 Å². The molecule has 2 heteroatoms. The van der Waals surface area contributed by atoms with E-state index in [9.17, 15) is 0 Å². The number of hydrogen-bond acceptors (Lipinski definition) is 2. The zero-order valence-corrected chi connectivity index (χ0v) is 11.2. The summed E-state index contributed by atoms with van der Waals surface area (Å²) in [7, 11) is 0. The Morgan fingerprint density at radius 1 is 1.39 bits per heavy atom. The molecule has 3 rings (SSSR count). The first kappa shape index (κ1) is 12.2. The number of nitrogens with one attached hydrogen (secondary N) is 1. The van der Waals surface area contributed by atoms with Gasteiger partial charge in [0, 0.05) is 12.6 Å². The van der Waals surface area contributed by atoms with Crippen LogP contribution in [0.5, 0.6) is 0 Å². The molecule has 0 bridgehead atoms. The molecule has 18 heavy (non-hydrogen) atoms. The molecule has 3 atom stereocenters. The third-order valence-electron chi connectivity index (χ3n) is 4.38. The molecule has 1 aromatic carbocycles. The molecular formula is C16H23NO. The third kappa shape index (κ3) is 2.32. The second-order valence-electron chi connectivity index (χ2n) is 5.55. The molecule has 1 aromatic rings. The smallest absolute Gasteiger partial charge is 0.0729 e. The van der Waals surface area contributed by atoms with E-state index in [0.717, 1.165) is 19.1 Å². The van der Waals surface area contributed by atoms with E-state index in [1.807, 2.05) is 0 Å². The highest BCUT2D eigenvalue weighted by Crippen LogP contribution is 2.39. The minimum atomic E-state index is 0.442. The van der Waals surface area contributed by atoms with Crippen molar-refractivity contribution in [2.24, 2.45) is 0 Å². The van der Waals surface area contributed by atoms with Crippen LogP contribution in [0.4, 0.5) is 0 Å². The molecule has 1 heterocycles. The molecule has 1 N–H and O–H groups in total. The quantitative estimate of drug-likeness (QED) is 0.861. The maximum absolute atomic E-state index is 5.86. The molecular weight excluding hydrogens is 222 g/mol. The van der Waals surface area contributed by atoms with Crippen LogP contribution in [0.3, 0.4) is 0 Å². The van der Waals surface area contributed by atoms with E-state index in [2.05, 4.69) is 36.5 Å². The Morgan fingerprint density at radius 3 is 3.00 bits per heavy atom. The topological polar surface area (TPSA) is 21.3 Å². The van der Waals surface area contributed by atoms with Crippen molar-refractivity contribution in [1.82, 2.24) is 5.32 Å². The van der Waals surface area contributed by atoms with Gasteiger partial charge in [0.2, 0.25) is 0 Å². The van der Waals surface area contributed by atoms with Crippen molar-refractivity contribution in [1.29, 1.82) is 0 Å². The summed E-state index contributed by atoms with van der Waals surface area (Å²) in [5, 5.41) is 3.63. The Labute approximate surface area is 110 Å². The lowest BCUT2D eigenvalue weighted by atomic mass is 9.74. The highest BCUT2D eigenvalue weighted by Gasteiger charge is 2.32. The van der Waals surface area contributed by atoms with E-state index in [0.29, 0.717) is 12.1 Å². The number of ether oxygens (including phenoxy) is 1. The van der Waals surface area contributed by atoms with Crippen molar-refractivity contribution in [2.45, 2.75) is 50.7 Å². The number of hydrogen-bond donors (Lipinski definition) is 1. The Kier molecular flexibility index (Phi) is 3.67. The lowest BCUT2D eigenvalue weighted by Gasteiger charge is -2.35. The fourth-order valence-electron chi connectivity index (χ4n) is 3.43. The van der Waals surface area contributed by atoms with Gasteiger partial charge in [0.1, 0.15) is 0 Å². The van der Waals surface area contributed by atoms with Crippen LogP contribution in [-0.2, 0) is 11.2 Å². The number of likely N-dealkylation sites (N-methyl/N-ethyl adjacent to an activating group) is 1. The van der Waals surface area contributed by atoms with E-state index in [-0.39, 0.29) is 0 Å². The maximum Gasteiger partial charge on any atom is 0.0729 e. The molecule has 1 saturated heterocycles. The molecule has 1 fully saturated rings. The van der Waals surface area contributed by atoms with Gasteiger partial charge in [0.15, 0.2) is 0 Å². The van der Waals surface area contributed by atoms with Crippen LogP contribution < -0.4 is 5.32 Å². The summed E-state index contributed by atoms with van der Waals surface area (Å²) in [6.07, 6.45) is 5.39. The van der Waals surface area contributed by atoms with Gasteiger partial charge in [-0.25, -0.2) is 0 Å². The lowest BCUT2D eigenvalue weighted by Crippen LogP contribution is -2.41. The van der Waals surface area contributed by atoms with Gasteiger partial charge in [0.05, 0.1) is 6.10 Å². The van der Waals surface area contributed by atoms with Gasteiger partial charge in [0.25, 0.3) is 0 Å². The largest absolute Gasteiger partial charge is 0.377 e. The van der Waals surface area contributed by atoms with Crippen molar-refractivity contribution in [3.63, 3.8) is 0 Å². The Morgan fingerprint density at radius 2 is 2.28 bits per heavy atom. The fraction of sp³-hybridized carbons (Fsp3) is 0.625. The van der Waals surface area contributed by atoms with Crippen LogP contribution in [0.15, 0.2) is 24.3 Å². The Bertz CT molecular complexity index is 398. The molecule has 98 valence electrons. The number of benzene rings is 1. The summed E-state index contributed by atoms with van der Waals surface area (Å²) >= 11 is 0. The average Bonchev–Trinajstić information content (AvgIpc) is 2.88. The van der Waals surface area contributed by atoms with E-state index >= 15 is 0 Å². The van der Waals surface area contributed by atoms with Crippen LogP contribution in [0.2, 0.25) is 0 Å². The standard InChI is InChI=1S/C16H23NO/c1-2-17-15(16-8-5-9-18-16)11-13-10-12-6-3-4-7-14(12)13/h3-4,6-7,13,15-17H,2,5,8-11H2,1H3. The first-order valence-corrected chi connectivity index (χ1v) is 7.31. The SMILES string of the molecule is CCNC(CC1Cc2ccccc21)C1CCCO1. The second-order valence-corrected chi connectivity index (χ2v) is 5.55. The molecule has 1 aliphatic heterocycles. The van der Waals surface area contributed by atoms with Gasteiger partial charge in [-0.2, -0.15) is 0 Å². The molecule has 0 aromatic heterocycles. The first-order valence-electron chi connectivity index (χ1n) is 7.31. The van der Waals surface area contributed by atoms with Gasteiger partial charge < -0.3 is 10.1 Å². The summed E-state index contributed by atoms with van der Waals surface area (Å²) in [5.74, 6) is 0.745. The molecule has 1 aliphatic carbocycles. The van der Waals surface area contributed by atoms with E-state index in [1.54, 1.807) is 11.1 Å². The molecule has 2 aliphatic rings. The van der Waals surface area contributed by atoms with Crippen LogP contribution in [-0.4, -0.2) is 25.3 Å². The predicted molar refractivity (Wildman–Crippen MR) is 73.9 cm³/mol. The predicted octanol–water partition coefficient (Wildman–Crippen LogP) is 2.87. The summed E-state index contributed by atoms with van der Waals surface area (Å²) in [5.41, 5.74) is 3.11. The zero-order valence-electron chi connectivity index (χ0n) is 11.2. The first-order chi connectivity index (χ1) is 8.88. The lowest BCUT2D eigenvalue weighted by molar-refractivity contribution is 0.0728. The molecule has 3 unspecified atom stereocenters. The van der Waals surface area contributed by atoms with Crippen molar-refractivity contribution < 1.29 is 4.74 Å². The summed E-state index contributed by atoms with van der Waals surface area (Å²) in [6, 6.07) is 9.41. The molecule has 0 saturated carbocycles. The molecule has 0 radical (unpaired) electrons.